The first kappa shape index (κ1) is 40.5. The normalized spacial score (nSPS) is 29.6. The van der Waals surface area contributed by atoms with Crippen LogP contribution in [-0.4, -0.2) is 85.6 Å². The number of hydrogen-bond donors (Lipinski definition) is 1. The van der Waals surface area contributed by atoms with Crippen molar-refractivity contribution in [2.45, 2.75) is 115 Å². The number of ether oxygens (including phenoxy) is 4. The molecule has 0 unspecified atom stereocenters. The van der Waals surface area contributed by atoms with Gasteiger partial charge in [-0.05, 0) is 95.2 Å². The highest BCUT2D eigenvalue weighted by Crippen LogP contribution is 2.57. The molecule has 300 valence electrons. The second-order valence-corrected chi connectivity index (χ2v) is 19.0. The van der Waals surface area contributed by atoms with Gasteiger partial charge in [0.05, 0.1) is 56.0 Å². The molecule has 4 aliphatic rings. The lowest BCUT2D eigenvalue weighted by Crippen LogP contribution is -2.47. The Morgan fingerprint density at radius 1 is 1.04 bits per heavy atom. The molecule has 1 aromatic heterocycles. The number of carbonyl (C=O) groups is 4. The van der Waals surface area contributed by atoms with Gasteiger partial charge in [0, 0.05) is 23.6 Å². The molecule has 0 spiro atoms. The van der Waals surface area contributed by atoms with Crippen LogP contribution in [0.2, 0.25) is 0 Å². The van der Waals surface area contributed by atoms with Gasteiger partial charge in [-0.25, -0.2) is 13.4 Å². The lowest BCUT2D eigenvalue weighted by atomic mass is 9.82. The zero-order valence-electron chi connectivity index (χ0n) is 33.0. The van der Waals surface area contributed by atoms with Crippen molar-refractivity contribution in [3.8, 4) is 17.4 Å². The van der Waals surface area contributed by atoms with Crippen LogP contribution in [0.4, 0.5) is 0 Å². The molecular formula is C41H55N3O10S. The van der Waals surface area contributed by atoms with Crippen LogP contribution in [0.25, 0.3) is 10.8 Å². The number of benzene rings is 1. The molecule has 2 aromatic rings. The number of methoxy groups -OCH3 is 2. The van der Waals surface area contributed by atoms with E-state index in [4.69, 9.17) is 18.9 Å². The molecule has 6 rings (SSSR count). The minimum absolute atomic E-state index is 0.0340. The van der Waals surface area contributed by atoms with Gasteiger partial charge in [-0.3, -0.25) is 23.9 Å². The maximum absolute atomic E-state index is 14.9. The van der Waals surface area contributed by atoms with Crippen LogP contribution in [0.5, 0.6) is 17.4 Å². The average Bonchev–Trinajstić information content (AvgIpc) is 4.04. The van der Waals surface area contributed by atoms with Gasteiger partial charge in [-0.2, -0.15) is 0 Å². The van der Waals surface area contributed by atoms with E-state index in [1.807, 2.05) is 31.2 Å². The highest BCUT2D eigenvalue weighted by Gasteiger charge is 2.61. The number of fused-ring (bicyclic) bond motifs is 3. The fraction of sp³-hybridized carbons (Fsp3) is 0.634. The van der Waals surface area contributed by atoms with Crippen LogP contribution < -0.4 is 18.9 Å². The van der Waals surface area contributed by atoms with Crippen LogP contribution in [0.1, 0.15) is 92.4 Å². The Morgan fingerprint density at radius 3 is 2.45 bits per heavy atom. The molecule has 13 nitrogen and oxygen atoms in total. The summed E-state index contributed by atoms with van der Waals surface area (Å²) in [5, 5.41) is 0.746. The summed E-state index contributed by atoms with van der Waals surface area (Å²) in [5.41, 5.74) is -2.01. The molecule has 3 heterocycles. The van der Waals surface area contributed by atoms with Crippen LogP contribution in [-0.2, 0) is 33.9 Å². The molecule has 1 aromatic carbocycles. The third-order valence-electron chi connectivity index (χ3n) is 11.5. The average molecular weight is 782 g/mol. The molecule has 1 N–H and O–H groups in total. The van der Waals surface area contributed by atoms with Crippen molar-refractivity contribution < 1.29 is 46.5 Å². The molecule has 2 aliphatic heterocycles. The topological polar surface area (TPSA) is 167 Å². The Kier molecular flexibility index (Phi) is 11.6. The van der Waals surface area contributed by atoms with E-state index in [2.05, 4.69) is 16.6 Å². The van der Waals surface area contributed by atoms with E-state index >= 15 is 0 Å². The minimum Gasteiger partial charge on any atom is -0.497 e. The van der Waals surface area contributed by atoms with Gasteiger partial charge in [0.15, 0.2) is 5.78 Å². The fourth-order valence-corrected chi connectivity index (χ4v) is 9.65. The maximum Gasteiger partial charge on any atom is 0.307 e. The SMILES string of the molecule is COc1ccc2c(O[C@@H]3C[C@H]4C(=O)C[C@]5(C(=O)NS(=O)(=O)C6CC6)C[C@H]5/C=C\CC[C@H](C)C[C@@H](C)[C@H](CC(=O)OC(C)(C)C)C(=O)N4C3)ncc(OC)c2c1. The Labute approximate surface area is 323 Å². The number of aromatic nitrogens is 1. The largest absolute Gasteiger partial charge is 0.497 e. The number of nitrogens with one attached hydrogen (secondary N) is 1. The number of rotatable bonds is 9. The molecular weight excluding hydrogens is 727 g/mol. The van der Waals surface area contributed by atoms with Crippen molar-refractivity contribution in [2.24, 2.45) is 29.1 Å². The van der Waals surface area contributed by atoms with Gasteiger partial charge in [-0.1, -0.05) is 26.0 Å². The van der Waals surface area contributed by atoms with Crippen molar-refractivity contribution in [2.75, 3.05) is 20.8 Å². The molecule has 3 fully saturated rings. The number of allylic oxidation sites excluding steroid dienone is 2. The number of nitrogens with zero attached hydrogens (tertiary/aromatic N) is 2. The highest BCUT2D eigenvalue weighted by atomic mass is 32.2. The standard InChI is InChI=1S/C41H55N3O10S/c1-24-10-8-9-11-26-20-41(26,39(48)43-55(49,50)29-13-14-29)21-34(45)33-18-28(53-37-30-15-12-27(51-6)17-32(30)35(52-7)22-42-37)23-44(33)38(47)31(25(2)16-24)19-36(46)54-40(3,4)5/h9,11-12,15,17,22,24-26,28-29,31,33H,8,10,13-14,16,18-21,23H2,1-7H3,(H,43,48)/b11-9-/t24-,25+,26+,28+,31-,33-,41+/m0/s1. The number of ketones is 1. The molecule has 0 bridgehead atoms. The quantitative estimate of drug-likeness (QED) is 0.251. The number of carbonyl (C=O) groups excluding carboxylic acids is 4. The summed E-state index contributed by atoms with van der Waals surface area (Å²) >= 11 is 0. The molecule has 14 heteroatoms. The summed E-state index contributed by atoms with van der Waals surface area (Å²) < 4.78 is 51.3. The number of esters is 1. The van der Waals surface area contributed by atoms with Crippen LogP contribution in [0.3, 0.4) is 0 Å². The van der Waals surface area contributed by atoms with Gasteiger partial charge in [0.1, 0.15) is 23.2 Å². The zero-order chi connectivity index (χ0) is 39.9. The van der Waals surface area contributed by atoms with Crippen LogP contribution >= 0.6 is 0 Å². The minimum atomic E-state index is -3.86. The summed E-state index contributed by atoms with van der Waals surface area (Å²) in [6, 6.07) is 4.40. The Balaban J connectivity index is 1.36. The van der Waals surface area contributed by atoms with Gasteiger partial charge in [-0.15, -0.1) is 0 Å². The van der Waals surface area contributed by atoms with Gasteiger partial charge in [0.25, 0.3) is 0 Å². The molecule has 1 saturated heterocycles. The molecule has 2 saturated carbocycles. The summed E-state index contributed by atoms with van der Waals surface area (Å²) in [6.07, 6.45) is 8.02. The van der Waals surface area contributed by atoms with Crippen molar-refractivity contribution in [3.63, 3.8) is 0 Å². The molecule has 0 radical (unpaired) electrons. The van der Waals surface area contributed by atoms with Crippen molar-refractivity contribution >= 4 is 44.4 Å². The van der Waals surface area contributed by atoms with Crippen molar-refractivity contribution in [3.05, 3.63) is 36.5 Å². The lowest BCUT2D eigenvalue weighted by molar-refractivity contribution is -0.160. The van der Waals surface area contributed by atoms with Crippen molar-refractivity contribution in [1.82, 2.24) is 14.6 Å². The number of sulfonamides is 1. The number of pyridine rings is 1. The third kappa shape index (κ3) is 9.10. The zero-order valence-corrected chi connectivity index (χ0v) is 33.8. The van der Waals surface area contributed by atoms with E-state index in [-0.39, 0.29) is 61.1 Å². The summed E-state index contributed by atoms with van der Waals surface area (Å²) in [4.78, 5) is 62.7. The maximum atomic E-state index is 14.9. The fourth-order valence-electron chi connectivity index (χ4n) is 8.26. The third-order valence-corrected chi connectivity index (χ3v) is 13.3. The summed E-state index contributed by atoms with van der Waals surface area (Å²) in [7, 11) is -0.752. The lowest BCUT2D eigenvalue weighted by Gasteiger charge is -2.32. The smallest absolute Gasteiger partial charge is 0.307 e. The van der Waals surface area contributed by atoms with Crippen molar-refractivity contribution in [1.29, 1.82) is 0 Å². The first-order valence-electron chi connectivity index (χ1n) is 19.4. The number of hydrogen-bond acceptors (Lipinski definition) is 11. The number of Topliss-reactive ketones (excluding diaryl/α,β-unsaturated/α-hetero) is 1. The Hall–Kier alpha value is -4.20. The first-order valence-corrected chi connectivity index (χ1v) is 20.9. The summed E-state index contributed by atoms with van der Waals surface area (Å²) in [6.45, 7) is 9.45. The predicted octanol–water partition coefficient (Wildman–Crippen LogP) is 5.53. The van der Waals surface area contributed by atoms with E-state index in [1.165, 1.54) is 4.90 Å². The second-order valence-electron chi connectivity index (χ2n) is 17.0. The van der Waals surface area contributed by atoms with Gasteiger partial charge < -0.3 is 23.8 Å². The van der Waals surface area contributed by atoms with Gasteiger partial charge in [0.2, 0.25) is 27.7 Å². The van der Waals surface area contributed by atoms with E-state index in [0.717, 1.165) is 12.8 Å². The van der Waals surface area contributed by atoms with E-state index in [0.29, 0.717) is 48.0 Å². The monoisotopic (exact) mass is 781 g/mol. The Morgan fingerprint density at radius 2 is 1.78 bits per heavy atom. The first-order chi connectivity index (χ1) is 25.9. The molecule has 2 aliphatic carbocycles. The van der Waals surface area contributed by atoms with Crippen LogP contribution in [0, 0.1) is 29.1 Å². The van der Waals surface area contributed by atoms with Crippen LogP contribution in [0.15, 0.2) is 36.5 Å². The molecule has 55 heavy (non-hydrogen) atoms. The van der Waals surface area contributed by atoms with Gasteiger partial charge >= 0.3 is 5.97 Å². The molecule has 2 amide bonds. The number of amides is 2. The predicted molar refractivity (Wildman–Crippen MR) is 205 cm³/mol. The summed E-state index contributed by atoms with van der Waals surface area (Å²) in [5.74, 6) is -1.62. The molecule has 7 atom stereocenters. The van der Waals surface area contributed by atoms with E-state index in [9.17, 15) is 27.6 Å². The highest BCUT2D eigenvalue weighted by molar-refractivity contribution is 7.90. The van der Waals surface area contributed by atoms with E-state index < -0.39 is 56.2 Å². The Bertz CT molecular complexity index is 1950. The second kappa shape index (κ2) is 15.7. The van der Waals surface area contributed by atoms with E-state index in [1.54, 1.807) is 47.3 Å².